The Labute approximate surface area is 117 Å². The van der Waals surface area contributed by atoms with Crippen LogP contribution in [-0.2, 0) is 0 Å². The van der Waals surface area contributed by atoms with E-state index in [-0.39, 0.29) is 22.3 Å². The van der Waals surface area contributed by atoms with Gasteiger partial charge in [0.25, 0.3) is 0 Å². The molecule has 1 aromatic heterocycles. The van der Waals surface area contributed by atoms with E-state index in [2.05, 4.69) is 14.7 Å². The van der Waals surface area contributed by atoms with Crippen molar-refractivity contribution in [1.29, 1.82) is 0 Å². The molecule has 2 aromatic rings. The minimum atomic E-state index is -4.76. The summed E-state index contributed by atoms with van der Waals surface area (Å²) in [4.78, 5) is 7.70. The van der Waals surface area contributed by atoms with Crippen molar-refractivity contribution in [3.8, 4) is 22.8 Å². The van der Waals surface area contributed by atoms with E-state index in [0.717, 1.165) is 0 Å². The van der Waals surface area contributed by atoms with Gasteiger partial charge in [-0.25, -0.2) is 9.97 Å². The summed E-state index contributed by atoms with van der Waals surface area (Å²) in [6.45, 7) is 0. The molecule has 0 bridgehead atoms. The summed E-state index contributed by atoms with van der Waals surface area (Å²) in [7, 11) is 1.37. The summed E-state index contributed by atoms with van der Waals surface area (Å²) in [6.07, 6.45) is -3.57. The third-order valence-electron chi connectivity index (χ3n) is 2.31. The van der Waals surface area contributed by atoms with Crippen LogP contribution in [0.15, 0.2) is 30.6 Å². The first kappa shape index (κ1) is 14.4. The quantitative estimate of drug-likeness (QED) is 0.811. The van der Waals surface area contributed by atoms with Crippen LogP contribution in [0.4, 0.5) is 13.2 Å². The standard InChI is InChI=1S/C12H8ClF3N2O2/c1-19-10-9(17-6-18-11(10)13)7-3-2-4-8(5-7)20-12(14,15)16/h2-6H,1H3. The van der Waals surface area contributed by atoms with Crippen molar-refractivity contribution in [2.75, 3.05) is 7.11 Å². The minimum absolute atomic E-state index is 0.0691. The van der Waals surface area contributed by atoms with Crippen molar-refractivity contribution in [3.63, 3.8) is 0 Å². The number of ether oxygens (including phenoxy) is 2. The number of nitrogens with zero attached hydrogens (tertiary/aromatic N) is 2. The van der Waals surface area contributed by atoms with Gasteiger partial charge in [0.05, 0.1) is 7.11 Å². The lowest BCUT2D eigenvalue weighted by Gasteiger charge is -2.11. The van der Waals surface area contributed by atoms with Gasteiger partial charge in [0.2, 0.25) is 0 Å². The van der Waals surface area contributed by atoms with Gasteiger partial charge in [-0.2, -0.15) is 0 Å². The molecule has 0 aliphatic rings. The van der Waals surface area contributed by atoms with E-state index in [0.29, 0.717) is 5.56 Å². The summed E-state index contributed by atoms with van der Waals surface area (Å²) < 4.78 is 45.5. The van der Waals surface area contributed by atoms with Gasteiger partial charge in [-0.15, -0.1) is 13.2 Å². The van der Waals surface area contributed by atoms with Crippen molar-refractivity contribution < 1.29 is 22.6 Å². The van der Waals surface area contributed by atoms with Crippen LogP contribution in [0.5, 0.6) is 11.5 Å². The molecule has 0 radical (unpaired) electrons. The van der Waals surface area contributed by atoms with Crippen LogP contribution in [0.2, 0.25) is 5.15 Å². The maximum Gasteiger partial charge on any atom is 0.573 e. The van der Waals surface area contributed by atoms with E-state index >= 15 is 0 Å². The fraction of sp³-hybridized carbons (Fsp3) is 0.167. The highest BCUT2D eigenvalue weighted by molar-refractivity contribution is 6.31. The first-order valence-corrected chi connectivity index (χ1v) is 5.69. The summed E-state index contributed by atoms with van der Waals surface area (Å²) in [6, 6.07) is 5.34. The Hall–Kier alpha value is -2.02. The summed E-state index contributed by atoms with van der Waals surface area (Å²) in [5.74, 6) is -0.176. The Bertz CT molecular complexity index is 620. The number of alkyl halides is 3. The van der Waals surface area contributed by atoms with Crippen molar-refractivity contribution in [1.82, 2.24) is 9.97 Å². The molecule has 0 fully saturated rings. The molecule has 0 spiro atoms. The maximum atomic E-state index is 12.2. The van der Waals surface area contributed by atoms with Crippen molar-refractivity contribution in [2.45, 2.75) is 6.36 Å². The zero-order valence-corrected chi connectivity index (χ0v) is 10.9. The predicted molar refractivity (Wildman–Crippen MR) is 65.7 cm³/mol. The second-order valence-corrected chi connectivity index (χ2v) is 3.98. The van der Waals surface area contributed by atoms with Crippen LogP contribution in [0.3, 0.4) is 0 Å². The van der Waals surface area contributed by atoms with Gasteiger partial charge < -0.3 is 9.47 Å². The van der Waals surface area contributed by atoms with Crippen molar-refractivity contribution in [3.05, 3.63) is 35.7 Å². The molecular weight excluding hydrogens is 297 g/mol. The molecular formula is C12H8ClF3N2O2. The highest BCUT2D eigenvalue weighted by atomic mass is 35.5. The fourth-order valence-corrected chi connectivity index (χ4v) is 1.79. The number of hydrogen-bond donors (Lipinski definition) is 0. The average Bonchev–Trinajstić information content (AvgIpc) is 2.36. The monoisotopic (exact) mass is 304 g/mol. The first-order chi connectivity index (χ1) is 9.40. The van der Waals surface area contributed by atoms with E-state index in [1.807, 2.05) is 0 Å². The number of halogens is 4. The van der Waals surface area contributed by atoms with E-state index in [4.69, 9.17) is 16.3 Å². The lowest BCUT2D eigenvalue weighted by Crippen LogP contribution is -2.17. The van der Waals surface area contributed by atoms with Gasteiger partial charge in [-0.3, -0.25) is 0 Å². The number of benzene rings is 1. The van der Waals surface area contributed by atoms with E-state index in [1.54, 1.807) is 6.07 Å². The summed E-state index contributed by atoms with van der Waals surface area (Å²) >= 11 is 5.84. The first-order valence-electron chi connectivity index (χ1n) is 5.31. The average molecular weight is 305 g/mol. The van der Waals surface area contributed by atoms with Gasteiger partial charge in [0, 0.05) is 5.56 Å². The van der Waals surface area contributed by atoms with Gasteiger partial charge in [-0.1, -0.05) is 23.7 Å². The number of hydrogen-bond acceptors (Lipinski definition) is 4. The lowest BCUT2D eigenvalue weighted by molar-refractivity contribution is -0.274. The number of rotatable bonds is 3. The fourth-order valence-electron chi connectivity index (χ4n) is 1.58. The molecule has 0 amide bonds. The van der Waals surface area contributed by atoms with Gasteiger partial charge in [-0.05, 0) is 12.1 Å². The van der Waals surface area contributed by atoms with E-state index in [1.165, 1.54) is 31.6 Å². The smallest absolute Gasteiger partial charge is 0.491 e. The van der Waals surface area contributed by atoms with E-state index in [9.17, 15) is 13.2 Å². The minimum Gasteiger partial charge on any atom is -0.491 e. The molecule has 0 unspecified atom stereocenters. The highest BCUT2D eigenvalue weighted by Gasteiger charge is 2.31. The maximum absolute atomic E-state index is 12.2. The SMILES string of the molecule is COc1c(Cl)ncnc1-c1cccc(OC(F)(F)F)c1. The van der Waals surface area contributed by atoms with Crippen LogP contribution in [0.1, 0.15) is 0 Å². The van der Waals surface area contributed by atoms with Crippen LogP contribution in [0, 0.1) is 0 Å². The van der Waals surface area contributed by atoms with Crippen LogP contribution in [0.25, 0.3) is 11.3 Å². The Morgan fingerprint density at radius 1 is 1.20 bits per heavy atom. The lowest BCUT2D eigenvalue weighted by atomic mass is 10.1. The Balaban J connectivity index is 2.44. The molecule has 4 nitrogen and oxygen atoms in total. The molecule has 0 aliphatic heterocycles. The molecule has 2 rings (SSSR count). The molecule has 20 heavy (non-hydrogen) atoms. The molecule has 0 aliphatic carbocycles. The number of methoxy groups -OCH3 is 1. The Kier molecular flexibility index (Phi) is 3.99. The molecule has 0 saturated heterocycles. The molecule has 0 atom stereocenters. The largest absolute Gasteiger partial charge is 0.573 e. The molecule has 106 valence electrons. The third-order valence-corrected chi connectivity index (χ3v) is 2.57. The summed E-state index contributed by atoms with van der Waals surface area (Å²) in [5.41, 5.74) is 0.646. The van der Waals surface area contributed by atoms with E-state index < -0.39 is 6.36 Å². The third kappa shape index (κ3) is 3.30. The molecule has 0 N–H and O–H groups in total. The van der Waals surface area contributed by atoms with Gasteiger partial charge in [0.15, 0.2) is 10.9 Å². The Morgan fingerprint density at radius 3 is 2.60 bits per heavy atom. The predicted octanol–water partition coefficient (Wildman–Crippen LogP) is 3.70. The Morgan fingerprint density at radius 2 is 1.95 bits per heavy atom. The zero-order chi connectivity index (χ0) is 14.8. The second-order valence-electron chi connectivity index (χ2n) is 3.62. The highest BCUT2D eigenvalue weighted by Crippen LogP contribution is 2.34. The molecule has 0 saturated carbocycles. The van der Waals surface area contributed by atoms with Crippen molar-refractivity contribution in [2.24, 2.45) is 0 Å². The van der Waals surface area contributed by atoms with Gasteiger partial charge >= 0.3 is 6.36 Å². The van der Waals surface area contributed by atoms with Crippen molar-refractivity contribution >= 4 is 11.6 Å². The number of aromatic nitrogens is 2. The van der Waals surface area contributed by atoms with Gasteiger partial charge in [0.1, 0.15) is 17.8 Å². The topological polar surface area (TPSA) is 44.2 Å². The molecule has 1 aromatic carbocycles. The van der Waals surface area contributed by atoms with Crippen LogP contribution < -0.4 is 9.47 Å². The zero-order valence-electron chi connectivity index (χ0n) is 10.1. The van der Waals surface area contributed by atoms with Crippen LogP contribution >= 0.6 is 11.6 Å². The van der Waals surface area contributed by atoms with Crippen LogP contribution in [-0.4, -0.2) is 23.4 Å². The second kappa shape index (κ2) is 5.54. The molecule has 1 heterocycles. The normalized spacial score (nSPS) is 11.2. The summed E-state index contributed by atoms with van der Waals surface area (Å²) in [5, 5.41) is 0.0691. The molecule has 8 heteroatoms.